The maximum atomic E-state index is 12.2. The molecule has 1 aromatic rings. The molecule has 136 valence electrons. The van der Waals surface area contributed by atoms with Gasteiger partial charge in [-0.3, -0.25) is 14.6 Å². The molecule has 0 bridgehead atoms. The molecule has 3 aliphatic rings. The Morgan fingerprint density at radius 3 is 2.48 bits per heavy atom. The van der Waals surface area contributed by atoms with Crippen molar-refractivity contribution < 1.29 is 9.90 Å². The Hall–Kier alpha value is -0.690. The van der Waals surface area contributed by atoms with Crippen LogP contribution >= 0.6 is 23.5 Å². The molecule has 4 nitrogen and oxygen atoms in total. The monoisotopic (exact) mass is 378 g/mol. The molecule has 1 aromatic carbocycles. The first-order valence-corrected chi connectivity index (χ1v) is 11.4. The Labute approximate surface area is 158 Å². The minimum atomic E-state index is -0.593. The second kappa shape index (κ2) is 7.51. The van der Waals surface area contributed by atoms with Crippen molar-refractivity contribution in [2.45, 2.75) is 12.6 Å². The molecular weight excluding hydrogens is 352 g/mol. The van der Waals surface area contributed by atoms with Crippen LogP contribution in [0.5, 0.6) is 0 Å². The van der Waals surface area contributed by atoms with Gasteiger partial charge in [0.1, 0.15) is 0 Å². The number of hydrogen-bond donors (Lipinski definition) is 1. The molecular formula is C19H26N2O2S2. The first-order chi connectivity index (χ1) is 12.2. The van der Waals surface area contributed by atoms with E-state index in [-0.39, 0.29) is 5.92 Å². The van der Waals surface area contributed by atoms with Crippen molar-refractivity contribution in [3.8, 4) is 0 Å². The number of nitrogens with zero attached hydrogens (tertiary/aromatic N) is 2. The van der Waals surface area contributed by atoms with Gasteiger partial charge < -0.3 is 5.11 Å². The predicted octanol–water partition coefficient (Wildman–Crippen LogP) is 2.35. The number of carbonyl (C=O) groups is 1. The summed E-state index contributed by atoms with van der Waals surface area (Å²) in [5, 5.41) is 10.1. The highest BCUT2D eigenvalue weighted by Gasteiger charge is 2.58. The maximum Gasteiger partial charge on any atom is 0.312 e. The normalized spacial score (nSPS) is 31.8. The Balaban J connectivity index is 1.45. The van der Waals surface area contributed by atoms with E-state index in [4.69, 9.17) is 0 Å². The lowest BCUT2D eigenvalue weighted by molar-refractivity contribution is -0.149. The van der Waals surface area contributed by atoms with Crippen molar-refractivity contribution in [2.24, 2.45) is 11.3 Å². The van der Waals surface area contributed by atoms with E-state index in [1.165, 1.54) is 17.1 Å². The van der Waals surface area contributed by atoms with Crippen molar-refractivity contribution in [1.29, 1.82) is 0 Å². The van der Waals surface area contributed by atoms with E-state index in [1.807, 2.05) is 29.6 Å². The fraction of sp³-hybridized carbons (Fsp3) is 0.632. The first kappa shape index (κ1) is 17.7. The van der Waals surface area contributed by atoms with E-state index in [9.17, 15) is 9.90 Å². The zero-order chi connectivity index (χ0) is 17.3. The van der Waals surface area contributed by atoms with Gasteiger partial charge in [-0.05, 0) is 5.56 Å². The third-order valence-electron chi connectivity index (χ3n) is 5.89. The number of benzene rings is 1. The fourth-order valence-electron chi connectivity index (χ4n) is 4.57. The molecule has 2 atom stereocenters. The number of carboxylic acid groups (broad SMARTS) is 1. The van der Waals surface area contributed by atoms with Crippen molar-refractivity contribution >= 4 is 29.5 Å². The second-order valence-corrected chi connectivity index (χ2v) is 9.85. The summed E-state index contributed by atoms with van der Waals surface area (Å²) in [7, 11) is 0. The number of carboxylic acids is 1. The van der Waals surface area contributed by atoms with Gasteiger partial charge in [0.2, 0.25) is 0 Å². The molecule has 1 N–H and O–H groups in total. The molecule has 0 spiro atoms. The lowest BCUT2D eigenvalue weighted by atomic mass is 9.81. The van der Waals surface area contributed by atoms with Crippen LogP contribution in [0.25, 0.3) is 0 Å². The Morgan fingerprint density at radius 2 is 1.84 bits per heavy atom. The van der Waals surface area contributed by atoms with Crippen LogP contribution in [0, 0.1) is 11.3 Å². The minimum absolute atomic E-state index is 0.256. The Bertz CT molecular complexity index is 607. The lowest BCUT2D eigenvalue weighted by Gasteiger charge is -2.30. The van der Waals surface area contributed by atoms with Crippen molar-refractivity contribution in [1.82, 2.24) is 9.80 Å². The van der Waals surface area contributed by atoms with Gasteiger partial charge in [0.15, 0.2) is 0 Å². The molecule has 0 amide bonds. The molecule has 0 radical (unpaired) electrons. The van der Waals surface area contributed by atoms with Gasteiger partial charge in [0.05, 0.1) is 5.41 Å². The van der Waals surface area contributed by atoms with Crippen molar-refractivity contribution in [3.63, 3.8) is 0 Å². The molecule has 6 heteroatoms. The Morgan fingerprint density at radius 1 is 1.12 bits per heavy atom. The summed E-state index contributed by atoms with van der Waals surface area (Å²) in [6.45, 7) is 4.13. The Kier molecular flexibility index (Phi) is 5.32. The first-order valence-electron chi connectivity index (χ1n) is 9.06. The quantitative estimate of drug-likeness (QED) is 0.868. The van der Waals surface area contributed by atoms with Gasteiger partial charge in [0, 0.05) is 67.7 Å². The van der Waals surface area contributed by atoms with Crippen molar-refractivity contribution in [2.75, 3.05) is 49.2 Å². The summed E-state index contributed by atoms with van der Waals surface area (Å²) >= 11 is 4.06. The topological polar surface area (TPSA) is 43.8 Å². The highest BCUT2D eigenvalue weighted by molar-refractivity contribution is 8.03. The standard InChI is InChI=1S/C19H26N2O2S2/c22-18(23)19-13-20(8-15-4-2-1-3-5-15)9-16(19)10-21(14-19)17-11-24-6-7-25-12-17/h1-5,16-17H,6-14H2,(H,22,23)/t16-,19-/m1/s1. The highest BCUT2D eigenvalue weighted by atomic mass is 32.2. The SMILES string of the molecule is O=C(O)[C@@]12CN(Cc3ccccc3)C[C@@H]1CN(C1CSCCSC1)C2. The number of rotatable bonds is 4. The molecule has 3 heterocycles. The molecule has 0 aliphatic carbocycles. The predicted molar refractivity (Wildman–Crippen MR) is 105 cm³/mol. The van der Waals surface area contributed by atoms with E-state index >= 15 is 0 Å². The third-order valence-corrected chi connectivity index (χ3v) is 8.37. The number of likely N-dealkylation sites (tertiary alicyclic amines) is 2. The molecule has 3 saturated heterocycles. The van der Waals surface area contributed by atoms with Crippen LogP contribution in [0.15, 0.2) is 30.3 Å². The molecule has 3 fully saturated rings. The summed E-state index contributed by atoms with van der Waals surface area (Å²) in [4.78, 5) is 17.1. The summed E-state index contributed by atoms with van der Waals surface area (Å²) in [6, 6.07) is 11.0. The third kappa shape index (κ3) is 3.59. The number of fused-ring (bicyclic) bond motifs is 1. The van der Waals surface area contributed by atoms with E-state index in [2.05, 4.69) is 34.1 Å². The second-order valence-electron chi connectivity index (χ2n) is 7.55. The van der Waals surface area contributed by atoms with E-state index in [0.29, 0.717) is 12.6 Å². The molecule has 0 saturated carbocycles. The van der Waals surface area contributed by atoms with Crippen LogP contribution in [-0.4, -0.2) is 76.1 Å². The number of thioether (sulfide) groups is 2. The van der Waals surface area contributed by atoms with Gasteiger partial charge in [-0.2, -0.15) is 23.5 Å². The molecule has 25 heavy (non-hydrogen) atoms. The fourth-order valence-corrected chi connectivity index (χ4v) is 7.19. The van der Waals surface area contributed by atoms with Crippen LogP contribution in [0.2, 0.25) is 0 Å². The van der Waals surface area contributed by atoms with Gasteiger partial charge in [0.25, 0.3) is 0 Å². The van der Waals surface area contributed by atoms with Crippen LogP contribution in [0.3, 0.4) is 0 Å². The zero-order valence-corrected chi connectivity index (χ0v) is 16.1. The number of aliphatic carboxylic acids is 1. The van der Waals surface area contributed by atoms with Gasteiger partial charge >= 0.3 is 5.97 Å². The van der Waals surface area contributed by atoms with Crippen LogP contribution in [0.1, 0.15) is 5.56 Å². The largest absolute Gasteiger partial charge is 0.481 e. The van der Waals surface area contributed by atoms with E-state index < -0.39 is 11.4 Å². The van der Waals surface area contributed by atoms with Gasteiger partial charge in [-0.25, -0.2) is 0 Å². The highest BCUT2D eigenvalue weighted by Crippen LogP contribution is 2.44. The summed E-state index contributed by atoms with van der Waals surface area (Å²) < 4.78 is 0. The molecule has 4 rings (SSSR count). The van der Waals surface area contributed by atoms with Gasteiger partial charge in [-0.1, -0.05) is 30.3 Å². The van der Waals surface area contributed by atoms with E-state index in [0.717, 1.165) is 37.7 Å². The van der Waals surface area contributed by atoms with E-state index in [1.54, 1.807) is 0 Å². The maximum absolute atomic E-state index is 12.2. The molecule has 0 unspecified atom stereocenters. The summed E-state index contributed by atoms with van der Waals surface area (Å²) in [5.41, 5.74) is 0.701. The molecule has 3 aliphatic heterocycles. The van der Waals surface area contributed by atoms with Gasteiger partial charge in [-0.15, -0.1) is 0 Å². The van der Waals surface area contributed by atoms with Crippen molar-refractivity contribution in [3.05, 3.63) is 35.9 Å². The average molecular weight is 379 g/mol. The van der Waals surface area contributed by atoms with Crippen LogP contribution in [-0.2, 0) is 11.3 Å². The zero-order valence-electron chi connectivity index (χ0n) is 14.5. The smallest absolute Gasteiger partial charge is 0.312 e. The summed E-state index contributed by atoms with van der Waals surface area (Å²) in [6.07, 6.45) is 0. The van der Waals surface area contributed by atoms with Crippen LogP contribution in [0.4, 0.5) is 0 Å². The summed E-state index contributed by atoms with van der Waals surface area (Å²) in [5.74, 6) is 4.43. The minimum Gasteiger partial charge on any atom is -0.481 e. The lowest BCUT2D eigenvalue weighted by Crippen LogP contribution is -2.44. The average Bonchev–Trinajstić information content (AvgIpc) is 2.98. The van der Waals surface area contributed by atoms with Crippen LogP contribution < -0.4 is 0 Å². The number of hydrogen-bond acceptors (Lipinski definition) is 5. The molecule has 0 aromatic heterocycles.